The van der Waals surface area contributed by atoms with E-state index in [0.29, 0.717) is 37.1 Å². The molecule has 2 atom stereocenters. The zero-order chi connectivity index (χ0) is 22.8. The summed E-state index contributed by atoms with van der Waals surface area (Å²) in [5.41, 5.74) is 0.652. The first kappa shape index (κ1) is 23.3. The first-order valence-electron chi connectivity index (χ1n) is 10.7. The van der Waals surface area contributed by atoms with Gasteiger partial charge in [0, 0.05) is 43.3 Å². The second-order valence-corrected chi connectivity index (χ2v) is 9.98. The Morgan fingerprint density at radius 3 is 2.32 bits per heavy atom. The monoisotopic (exact) mass is 449 g/mol. The lowest BCUT2D eigenvalue weighted by Gasteiger charge is -2.35. The number of morpholine rings is 1. The molecule has 0 radical (unpaired) electrons. The summed E-state index contributed by atoms with van der Waals surface area (Å²) in [6, 6.07) is 7.06. The van der Waals surface area contributed by atoms with Gasteiger partial charge in [-0.05, 0) is 33.8 Å². The molecule has 0 aliphatic carbocycles. The maximum absolute atomic E-state index is 13.1. The number of aromatic nitrogens is 1. The van der Waals surface area contributed by atoms with E-state index >= 15 is 0 Å². The molecule has 1 aliphatic rings. The normalized spacial score (nSPS) is 19.5. The van der Waals surface area contributed by atoms with E-state index in [4.69, 9.17) is 4.74 Å². The van der Waals surface area contributed by atoms with Crippen LogP contribution in [0.5, 0.6) is 0 Å². The quantitative estimate of drug-likeness (QED) is 0.644. The minimum atomic E-state index is -3.87. The number of hydrogen-bond donors (Lipinski definition) is 0. The van der Waals surface area contributed by atoms with E-state index in [-0.39, 0.29) is 29.6 Å². The van der Waals surface area contributed by atoms with Crippen LogP contribution in [0.1, 0.15) is 27.7 Å². The lowest BCUT2D eigenvalue weighted by Crippen LogP contribution is -2.49. The number of rotatable bonds is 7. The molecular weight excluding hydrogens is 418 g/mol. The van der Waals surface area contributed by atoms with Gasteiger partial charge in [-0.2, -0.15) is 0 Å². The number of para-hydroxylation sites is 1. The van der Waals surface area contributed by atoms with Crippen LogP contribution in [0, 0.1) is 0 Å². The molecule has 0 bridgehead atoms. The molecule has 0 N–H and O–H groups in total. The molecule has 3 rings (SSSR count). The number of ether oxygens (including phenoxy) is 1. The van der Waals surface area contributed by atoms with Crippen molar-refractivity contribution in [2.24, 2.45) is 0 Å². The Hall–Kier alpha value is -2.39. The van der Waals surface area contributed by atoms with Crippen LogP contribution in [0.25, 0.3) is 10.9 Å². The summed E-state index contributed by atoms with van der Waals surface area (Å²) in [6.45, 7) is 9.45. The Labute approximate surface area is 183 Å². The molecule has 170 valence electrons. The Morgan fingerprint density at radius 1 is 1.10 bits per heavy atom. The second-order valence-electron chi connectivity index (χ2n) is 8.02. The van der Waals surface area contributed by atoms with Gasteiger partial charge in [0.25, 0.3) is 0 Å². The number of carbonyl (C=O) groups is 2. The van der Waals surface area contributed by atoms with Crippen LogP contribution >= 0.6 is 0 Å². The van der Waals surface area contributed by atoms with Crippen LogP contribution in [0.15, 0.2) is 35.4 Å². The molecule has 0 saturated carbocycles. The number of nitrogens with zero attached hydrogens (tertiary/aromatic N) is 3. The summed E-state index contributed by atoms with van der Waals surface area (Å²) in [7, 11) is -3.87. The van der Waals surface area contributed by atoms with Crippen molar-refractivity contribution in [3.8, 4) is 0 Å². The number of carbonyl (C=O) groups excluding carboxylic acids is 2. The van der Waals surface area contributed by atoms with Crippen molar-refractivity contribution in [1.82, 2.24) is 14.4 Å². The maximum Gasteiger partial charge on any atom is 0.242 e. The first-order chi connectivity index (χ1) is 14.7. The molecule has 2 amide bonds. The fourth-order valence-corrected chi connectivity index (χ4v) is 5.59. The molecule has 2 heterocycles. The second kappa shape index (κ2) is 9.40. The molecule has 9 heteroatoms. The van der Waals surface area contributed by atoms with E-state index in [2.05, 4.69) is 0 Å². The van der Waals surface area contributed by atoms with E-state index in [1.807, 2.05) is 27.7 Å². The number of sulfone groups is 1. The third kappa shape index (κ3) is 5.10. The molecule has 8 nitrogen and oxygen atoms in total. The zero-order valence-electron chi connectivity index (χ0n) is 18.6. The van der Waals surface area contributed by atoms with Crippen LogP contribution in [-0.4, -0.2) is 78.7 Å². The first-order valence-corrected chi connectivity index (χ1v) is 12.3. The summed E-state index contributed by atoms with van der Waals surface area (Å²) >= 11 is 0. The number of benzene rings is 1. The van der Waals surface area contributed by atoms with Gasteiger partial charge >= 0.3 is 0 Å². The highest BCUT2D eigenvalue weighted by atomic mass is 32.2. The Bertz CT molecular complexity index is 1050. The van der Waals surface area contributed by atoms with E-state index in [1.165, 1.54) is 11.1 Å². The van der Waals surface area contributed by atoms with Crippen molar-refractivity contribution in [3.05, 3.63) is 30.5 Å². The van der Waals surface area contributed by atoms with Gasteiger partial charge in [0.1, 0.15) is 12.3 Å². The highest BCUT2D eigenvalue weighted by Gasteiger charge is 2.29. The van der Waals surface area contributed by atoms with Crippen LogP contribution in [-0.2, 0) is 30.7 Å². The largest absolute Gasteiger partial charge is 0.372 e. The molecule has 1 saturated heterocycles. The predicted molar refractivity (Wildman–Crippen MR) is 119 cm³/mol. The Morgan fingerprint density at radius 2 is 1.71 bits per heavy atom. The van der Waals surface area contributed by atoms with Crippen LogP contribution < -0.4 is 0 Å². The van der Waals surface area contributed by atoms with E-state index in [1.54, 1.807) is 33.7 Å². The van der Waals surface area contributed by atoms with Gasteiger partial charge in [-0.15, -0.1) is 0 Å². The number of amides is 2. The van der Waals surface area contributed by atoms with Crippen molar-refractivity contribution >= 4 is 32.6 Å². The summed E-state index contributed by atoms with van der Waals surface area (Å²) in [5.74, 6) is -1.10. The van der Waals surface area contributed by atoms with Crippen LogP contribution in [0.4, 0.5) is 0 Å². The van der Waals surface area contributed by atoms with Crippen molar-refractivity contribution in [2.75, 3.05) is 31.9 Å². The molecule has 2 unspecified atom stereocenters. The van der Waals surface area contributed by atoms with Crippen molar-refractivity contribution < 1.29 is 22.7 Å². The highest BCUT2D eigenvalue weighted by molar-refractivity contribution is 7.92. The van der Waals surface area contributed by atoms with Gasteiger partial charge in [0.05, 0.1) is 17.1 Å². The summed E-state index contributed by atoms with van der Waals surface area (Å²) in [5, 5.41) is 0.520. The van der Waals surface area contributed by atoms with Gasteiger partial charge in [0.15, 0.2) is 9.84 Å². The average molecular weight is 450 g/mol. The topological polar surface area (TPSA) is 88.9 Å². The maximum atomic E-state index is 13.1. The predicted octanol–water partition coefficient (Wildman–Crippen LogP) is 1.92. The Kier molecular flexibility index (Phi) is 7.06. The highest BCUT2D eigenvalue weighted by Crippen LogP contribution is 2.27. The van der Waals surface area contributed by atoms with E-state index in [9.17, 15) is 18.0 Å². The van der Waals surface area contributed by atoms with Gasteiger partial charge in [-0.1, -0.05) is 18.2 Å². The smallest absolute Gasteiger partial charge is 0.242 e. The molecule has 0 spiro atoms. The summed E-state index contributed by atoms with van der Waals surface area (Å²) in [6.07, 6.45) is 1.40. The average Bonchev–Trinajstić information content (AvgIpc) is 3.07. The molecule has 31 heavy (non-hydrogen) atoms. The molecule has 2 aromatic rings. The standard InChI is InChI=1S/C22H31N3O5S/c1-5-23(6-2)22(27)15-31(28,29)20-13-24(19-10-8-7-9-18(19)20)14-21(26)25-11-16(3)30-17(4)12-25/h7-10,13,16-17H,5-6,11-12,14-15H2,1-4H3. The minimum absolute atomic E-state index is 0.0272. The number of hydrogen-bond acceptors (Lipinski definition) is 5. The lowest BCUT2D eigenvalue weighted by atomic mass is 10.2. The molecular formula is C22H31N3O5S. The zero-order valence-corrected chi connectivity index (χ0v) is 19.4. The third-order valence-electron chi connectivity index (χ3n) is 5.59. The summed E-state index contributed by atoms with van der Waals surface area (Å²) < 4.78 is 33.6. The SMILES string of the molecule is CCN(CC)C(=O)CS(=O)(=O)c1cn(CC(=O)N2CC(C)OC(C)C2)c2ccccc12. The van der Waals surface area contributed by atoms with Gasteiger partial charge in [0.2, 0.25) is 11.8 Å². The minimum Gasteiger partial charge on any atom is -0.372 e. The third-order valence-corrected chi connectivity index (χ3v) is 7.22. The van der Waals surface area contributed by atoms with Gasteiger partial charge in [-0.25, -0.2) is 8.42 Å². The number of fused-ring (bicyclic) bond motifs is 1. The van der Waals surface area contributed by atoms with E-state index in [0.717, 1.165) is 0 Å². The molecule has 1 aromatic heterocycles. The fraction of sp³-hybridized carbons (Fsp3) is 0.545. The van der Waals surface area contributed by atoms with Crippen LogP contribution in [0.2, 0.25) is 0 Å². The van der Waals surface area contributed by atoms with Gasteiger partial charge < -0.3 is 19.1 Å². The Balaban J connectivity index is 1.90. The lowest BCUT2D eigenvalue weighted by molar-refractivity contribution is -0.143. The van der Waals surface area contributed by atoms with Crippen LogP contribution in [0.3, 0.4) is 0 Å². The molecule has 1 aliphatic heterocycles. The summed E-state index contributed by atoms with van der Waals surface area (Å²) in [4.78, 5) is 28.7. The molecule has 1 aromatic carbocycles. The fourth-order valence-electron chi connectivity index (χ4n) is 4.13. The van der Waals surface area contributed by atoms with Gasteiger partial charge in [-0.3, -0.25) is 9.59 Å². The molecule has 1 fully saturated rings. The van der Waals surface area contributed by atoms with Crippen molar-refractivity contribution in [3.63, 3.8) is 0 Å². The van der Waals surface area contributed by atoms with Crippen molar-refractivity contribution in [2.45, 2.75) is 51.3 Å². The van der Waals surface area contributed by atoms with Crippen molar-refractivity contribution in [1.29, 1.82) is 0 Å². The van der Waals surface area contributed by atoms with E-state index < -0.39 is 21.5 Å².